The van der Waals surface area contributed by atoms with E-state index in [4.69, 9.17) is 0 Å². The summed E-state index contributed by atoms with van der Waals surface area (Å²) in [5.41, 5.74) is 1.40. The summed E-state index contributed by atoms with van der Waals surface area (Å²) in [5, 5.41) is 0.550. The van der Waals surface area contributed by atoms with Gasteiger partial charge in [-0.3, -0.25) is 0 Å². The highest BCUT2D eigenvalue weighted by atomic mass is 32.2. The molecule has 2 heteroatoms. The minimum Gasteiger partial charge on any atom is -0.301 e. The van der Waals surface area contributed by atoms with Gasteiger partial charge in [-0.1, -0.05) is 55.5 Å². The molecule has 0 saturated carbocycles. The molecule has 0 fully saturated rings. The summed E-state index contributed by atoms with van der Waals surface area (Å²) in [4.78, 5) is 3.79. The first-order chi connectivity index (χ1) is 8.68. The minimum atomic E-state index is 0.456. The van der Waals surface area contributed by atoms with E-state index in [9.17, 15) is 0 Å². The fourth-order valence-corrected chi connectivity index (χ4v) is 3.81. The van der Waals surface area contributed by atoms with Crippen molar-refractivity contribution in [3.05, 3.63) is 59.0 Å². The van der Waals surface area contributed by atoms with Crippen LogP contribution in [-0.2, 0) is 0 Å². The van der Waals surface area contributed by atoms with Crippen molar-refractivity contribution in [2.75, 3.05) is 14.1 Å². The van der Waals surface area contributed by atoms with Crippen LogP contribution < -0.4 is 0 Å². The average Bonchev–Trinajstić information content (AvgIpc) is 2.83. The third-order valence-corrected chi connectivity index (χ3v) is 4.45. The largest absolute Gasteiger partial charge is 0.301 e. The third kappa shape index (κ3) is 3.27. The third-order valence-electron chi connectivity index (χ3n) is 3.22. The summed E-state index contributed by atoms with van der Waals surface area (Å²) < 4.78 is 0. The number of thioether (sulfide) groups is 1. The van der Waals surface area contributed by atoms with Gasteiger partial charge in [0.15, 0.2) is 0 Å². The molecule has 2 rings (SSSR count). The van der Waals surface area contributed by atoms with Gasteiger partial charge >= 0.3 is 0 Å². The van der Waals surface area contributed by atoms with Gasteiger partial charge in [0.1, 0.15) is 0 Å². The maximum Gasteiger partial charge on any atom is 0.0461 e. The van der Waals surface area contributed by atoms with E-state index in [2.05, 4.69) is 74.5 Å². The fraction of sp³-hybridized carbons (Fsp3) is 0.375. The van der Waals surface area contributed by atoms with E-state index < -0.39 is 0 Å². The summed E-state index contributed by atoms with van der Waals surface area (Å²) in [6, 6.07) is 11.2. The average molecular weight is 259 g/mol. The highest BCUT2D eigenvalue weighted by Crippen LogP contribution is 2.36. The Morgan fingerprint density at radius 1 is 1.17 bits per heavy atom. The Morgan fingerprint density at radius 3 is 2.44 bits per heavy atom. The Morgan fingerprint density at radius 2 is 1.89 bits per heavy atom. The molecule has 1 aromatic rings. The van der Waals surface area contributed by atoms with E-state index in [0.29, 0.717) is 11.3 Å². The van der Waals surface area contributed by atoms with Crippen molar-refractivity contribution in [1.29, 1.82) is 0 Å². The smallest absolute Gasteiger partial charge is 0.0461 e. The van der Waals surface area contributed by atoms with E-state index in [1.54, 1.807) is 0 Å². The van der Waals surface area contributed by atoms with Crippen LogP contribution in [0.1, 0.15) is 24.9 Å². The Bertz CT molecular complexity index is 434. The molecule has 1 aromatic carbocycles. The highest BCUT2D eigenvalue weighted by molar-refractivity contribution is 8.03. The van der Waals surface area contributed by atoms with Crippen LogP contribution in [-0.4, -0.2) is 24.2 Å². The maximum absolute atomic E-state index is 2.32. The van der Waals surface area contributed by atoms with Crippen molar-refractivity contribution in [3.8, 4) is 0 Å². The van der Waals surface area contributed by atoms with E-state index in [1.165, 1.54) is 10.5 Å². The molecule has 2 atom stereocenters. The zero-order valence-corrected chi connectivity index (χ0v) is 12.2. The van der Waals surface area contributed by atoms with Crippen LogP contribution in [0.5, 0.6) is 0 Å². The zero-order valence-electron chi connectivity index (χ0n) is 11.3. The first-order valence-corrected chi connectivity index (χ1v) is 7.30. The number of rotatable bonds is 5. The molecule has 0 aliphatic heterocycles. The first-order valence-electron chi connectivity index (χ1n) is 6.42. The first kappa shape index (κ1) is 13.4. The molecule has 0 N–H and O–H groups in total. The van der Waals surface area contributed by atoms with Crippen molar-refractivity contribution >= 4 is 11.8 Å². The maximum atomic E-state index is 2.32. The molecule has 1 aliphatic rings. The predicted molar refractivity (Wildman–Crippen MR) is 81.8 cm³/mol. The SMILES string of the molecule is C[C@@H](SC1=CC=CC1)[C@H](c1ccccc1)N(C)C. The number of hydrogen-bond acceptors (Lipinski definition) is 2. The zero-order chi connectivity index (χ0) is 13.0. The molecule has 0 radical (unpaired) electrons. The molecular formula is C16H21NS. The molecule has 0 unspecified atom stereocenters. The van der Waals surface area contributed by atoms with Gasteiger partial charge in [0.2, 0.25) is 0 Å². The van der Waals surface area contributed by atoms with Crippen LogP contribution in [0.25, 0.3) is 0 Å². The van der Waals surface area contributed by atoms with Gasteiger partial charge in [0, 0.05) is 11.3 Å². The quantitative estimate of drug-likeness (QED) is 0.777. The van der Waals surface area contributed by atoms with Crippen molar-refractivity contribution < 1.29 is 0 Å². The van der Waals surface area contributed by atoms with Crippen LogP contribution in [0.15, 0.2) is 53.5 Å². The molecule has 0 heterocycles. The Hall–Kier alpha value is -0.990. The lowest BCUT2D eigenvalue weighted by Gasteiger charge is -2.30. The van der Waals surface area contributed by atoms with Gasteiger partial charge in [-0.05, 0) is 31.0 Å². The molecule has 0 saturated heterocycles. The summed E-state index contributed by atoms with van der Waals surface area (Å²) in [7, 11) is 4.33. The Balaban J connectivity index is 2.10. The van der Waals surface area contributed by atoms with Crippen LogP contribution in [0.3, 0.4) is 0 Å². The molecular weight excluding hydrogens is 238 g/mol. The van der Waals surface area contributed by atoms with E-state index in [-0.39, 0.29) is 0 Å². The van der Waals surface area contributed by atoms with Crippen molar-refractivity contribution in [1.82, 2.24) is 4.90 Å². The normalized spacial score (nSPS) is 17.9. The van der Waals surface area contributed by atoms with Gasteiger partial charge in [0.05, 0.1) is 0 Å². The second kappa shape index (κ2) is 6.26. The molecule has 0 amide bonds. The van der Waals surface area contributed by atoms with E-state index in [1.807, 2.05) is 11.8 Å². The molecule has 1 aliphatic carbocycles. The number of allylic oxidation sites excluding steroid dienone is 4. The number of benzene rings is 1. The molecule has 96 valence electrons. The predicted octanol–water partition coefficient (Wildman–Crippen LogP) is 4.25. The van der Waals surface area contributed by atoms with Crippen LogP contribution in [0, 0.1) is 0 Å². The van der Waals surface area contributed by atoms with Gasteiger partial charge in [-0.2, -0.15) is 0 Å². The lowest BCUT2D eigenvalue weighted by Crippen LogP contribution is -2.27. The minimum absolute atomic E-state index is 0.456. The lowest BCUT2D eigenvalue weighted by molar-refractivity contribution is 0.298. The summed E-state index contributed by atoms with van der Waals surface area (Å²) >= 11 is 2.00. The topological polar surface area (TPSA) is 3.24 Å². The van der Waals surface area contributed by atoms with Gasteiger partial charge in [-0.15, -0.1) is 11.8 Å². The van der Waals surface area contributed by atoms with E-state index >= 15 is 0 Å². The fourth-order valence-electron chi connectivity index (χ4n) is 2.46. The molecule has 0 spiro atoms. The molecule has 0 bridgehead atoms. The highest BCUT2D eigenvalue weighted by Gasteiger charge is 2.22. The molecule has 18 heavy (non-hydrogen) atoms. The Kier molecular flexibility index (Phi) is 4.67. The summed E-state index contributed by atoms with van der Waals surface area (Å²) in [5.74, 6) is 0. The number of hydrogen-bond donors (Lipinski definition) is 0. The van der Waals surface area contributed by atoms with Crippen molar-refractivity contribution in [2.24, 2.45) is 0 Å². The summed E-state index contributed by atoms with van der Waals surface area (Å²) in [6.07, 6.45) is 7.72. The second-order valence-electron chi connectivity index (χ2n) is 4.91. The van der Waals surface area contributed by atoms with Gasteiger partial charge < -0.3 is 4.90 Å². The van der Waals surface area contributed by atoms with E-state index in [0.717, 1.165) is 6.42 Å². The van der Waals surface area contributed by atoms with Gasteiger partial charge in [0.25, 0.3) is 0 Å². The monoisotopic (exact) mass is 259 g/mol. The summed E-state index contributed by atoms with van der Waals surface area (Å²) in [6.45, 7) is 2.32. The number of nitrogens with zero attached hydrogens (tertiary/aromatic N) is 1. The second-order valence-corrected chi connectivity index (χ2v) is 6.41. The molecule has 1 nitrogen and oxygen atoms in total. The Labute approximate surface area is 115 Å². The van der Waals surface area contributed by atoms with Crippen molar-refractivity contribution in [2.45, 2.75) is 24.6 Å². The van der Waals surface area contributed by atoms with Crippen LogP contribution >= 0.6 is 11.8 Å². The standard InChI is InChI=1S/C16H21NS/c1-13(18-15-11-7-8-12-15)16(17(2)3)14-9-5-4-6-10-14/h4-11,13,16H,12H2,1-3H3/t13-,16-/m1/s1. The van der Waals surface area contributed by atoms with Gasteiger partial charge in [-0.25, -0.2) is 0 Å². The van der Waals surface area contributed by atoms with Crippen molar-refractivity contribution in [3.63, 3.8) is 0 Å². The lowest BCUT2D eigenvalue weighted by atomic mass is 10.0. The molecule has 0 aromatic heterocycles. The van der Waals surface area contributed by atoms with Crippen LogP contribution in [0.2, 0.25) is 0 Å². The van der Waals surface area contributed by atoms with Crippen LogP contribution in [0.4, 0.5) is 0 Å².